The molecule has 5 nitrogen and oxygen atoms in total. The zero-order valence-electron chi connectivity index (χ0n) is 20.7. The molecule has 182 valence electrons. The average Bonchev–Trinajstić information content (AvgIpc) is 3.40. The molecule has 5 heteroatoms. The Morgan fingerprint density at radius 1 is 0.513 bits per heavy atom. The van der Waals surface area contributed by atoms with Gasteiger partial charge in [-0.25, -0.2) is 19.8 Å². The van der Waals surface area contributed by atoms with E-state index >= 15 is 0 Å². The topological polar surface area (TPSA) is 56.2 Å². The smallest absolute Gasteiger partial charge is 0.187 e. The molecule has 0 fully saturated rings. The van der Waals surface area contributed by atoms with Crippen LogP contribution >= 0.6 is 0 Å². The second-order valence-electron chi connectivity index (χ2n) is 9.20. The van der Waals surface area contributed by atoms with Crippen molar-refractivity contribution in [1.29, 1.82) is 0 Å². The van der Waals surface area contributed by atoms with Gasteiger partial charge < -0.3 is 4.42 Å². The van der Waals surface area contributed by atoms with Crippen LogP contribution in [0.1, 0.15) is 0 Å². The van der Waals surface area contributed by atoms with Crippen LogP contribution in [0.25, 0.3) is 72.1 Å². The third-order valence-electron chi connectivity index (χ3n) is 6.74. The van der Waals surface area contributed by atoms with Crippen LogP contribution in [-0.4, -0.2) is 15.0 Å². The van der Waals surface area contributed by atoms with Crippen molar-refractivity contribution in [3.8, 4) is 45.3 Å². The van der Waals surface area contributed by atoms with E-state index in [0.29, 0.717) is 23.2 Å². The van der Waals surface area contributed by atoms with Crippen molar-refractivity contribution < 1.29 is 4.42 Å². The van der Waals surface area contributed by atoms with Crippen LogP contribution in [0, 0.1) is 6.57 Å². The summed E-state index contributed by atoms with van der Waals surface area (Å²) >= 11 is 0. The first-order chi connectivity index (χ1) is 19.3. The van der Waals surface area contributed by atoms with Gasteiger partial charge in [0.25, 0.3) is 0 Å². The highest BCUT2D eigenvalue weighted by atomic mass is 16.3. The lowest BCUT2D eigenvalue weighted by Gasteiger charge is -2.10. The maximum absolute atomic E-state index is 7.34. The van der Waals surface area contributed by atoms with Gasteiger partial charge in [0.15, 0.2) is 23.2 Å². The summed E-state index contributed by atoms with van der Waals surface area (Å²) in [5, 5.41) is 2.00. The van der Waals surface area contributed by atoms with E-state index in [-0.39, 0.29) is 0 Å². The number of furan rings is 1. The molecule has 7 rings (SSSR count). The maximum atomic E-state index is 7.34. The summed E-state index contributed by atoms with van der Waals surface area (Å²) in [6.45, 7) is 7.34. The number of aromatic nitrogens is 3. The summed E-state index contributed by atoms with van der Waals surface area (Å²) in [7, 11) is 0. The molecule has 0 aliphatic heterocycles. The first-order valence-electron chi connectivity index (χ1n) is 12.6. The van der Waals surface area contributed by atoms with Gasteiger partial charge in [-0.15, -0.1) is 0 Å². The minimum atomic E-state index is 0.578. The van der Waals surface area contributed by atoms with Crippen LogP contribution in [0.5, 0.6) is 0 Å². The van der Waals surface area contributed by atoms with Gasteiger partial charge in [-0.1, -0.05) is 103 Å². The zero-order valence-corrected chi connectivity index (χ0v) is 20.7. The van der Waals surface area contributed by atoms with Gasteiger partial charge >= 0.3 is 0 Å². The lowest BCUT2D eigenvalue weighted by molar-refractivity contribution is 0.670. The minimum absolute atomic E-state index is 0.578. The summed E-state index contributed by atoms with van der Waals surface area (Å²) in [5.74, 6) is 1.80. The predicted molar refractivity (Wildman–Crippen MR) is 155 cm³/mol. The molecule has 0 spiro atoms. The summed E-state index contributed by atoms with van der Waals surface area (Å²) in [6, 6.07) is 39.7. The molecule has 0 amide bonds. The number of nitrogens with zero attached hydrogens (tertiary/aromatic N) is 4. The van der Waals surface area contributed by atoms with Crippen molar-refractivity contribution in [2.75, 3.05) is 0 Å². The first-order valence-corrected chi connectivity index (χ1v) is 12.6. The van der Waals surface area contributed by atoms with E-state index in [0.717, 1.165) is 49.8 Å². The van der Waals surface area contributed by atoms with E-state index in [1.165, 1.54) is 0 Å². The number of benzene rings is 5. The third kappa shape index (κ3) is 4.11. The molecule has 0 aliphatic rings. The Labute approximate surface area is 224 Å². The molecule has 7 aromatic rings. The highest BCUT2D eigenvalue weighted by Gasteiger charge is 2.18. The Hall–Kier alpha value is -5.60. The van der Waals surface area contributed by atoms with Gasteiger partial charge in [0, 0.05) is 33.0 Å². The van der Waals surface area contributed by atoms with Gasteiger partial charge in [0.1, 0.15) is 11.2 Å². The molecule has 0 bridgehead atoms. The molecule has 0 N–H and O–H groups in total. The highest BCUT2D eigenvalue weighted by molar-refractivity contribution is 6.11. The quantitative estimate of drug-likeness (QED) is 0.226. The van der Waals surface area contributed by atoms with Crippen LogP contribution in [0.4, 0.5) is 5.69 Å². The summed E-state index contributed by atoms with van der Waals surface area (Å²) in [5.41, 5.74) is 6.76. The Kier molecular flexibility index (Phi) is 5.42. The lowest BCUT2D eigenvalue weighted by Crippen LogP contribution is -2.00. The van der Waals surface area contributed by atoms with Gasteiger partial charge in [0.05, 0.1) is 6.57 Å². The molecule has 0 saturated heterocycles. The van der Waals surface area contributed by atoms with Crippen molar-refractivity contribution in [1.82, 2.24) is 15.0 Å². The Morgan fingerprint density at radius 3 is 1.69 bits per heavy atom. The van der Waals surface area contributed by atoms with E-state index in [2.05, 4.69) is 23.0 Å². The summed E-state index contributed by atoms with van der Waals surface area (Å²) in [6.07, 6.45) is 0. The molecule has 0 aliphatic carbocycles. The molecule has 5 aromatic carbocycles. The number of fused-ring (bicyclic) bond motifs is 3. The highest BCUT2D eigenvalue weighted by Crippen LogP contribution is 2.39. The molecular formula is C34H20N4O. The van der Waals surface area contributed by atoms with Gasteiger partial charge in [-0.2, -0.15) is 0 Å². The van der Waals surface area contributed by atoms with Gasteiger partial charge in [0.2, 0.25) is 0 Å². The van der Waals surface area contributed by atoms with Crippen LogP contribution in [0.15, 0.2) is 126 Å². The van der Waals surface area contributed by atoms with Crippen molar-refractivity contribution in [3.63, 3.8) is 0 Å². The SMILES string of the molecule is [C-]#[N+]c1ccc(-c2cc(-c3nc(-c4ccccc4)nc(-c4ccccc4)n3)cc3c2oc2ccccc23)cc1. The number of hydrogen-bond acceptors (Lipinski definition) is 4. The van der Waals surface area contributed by atoms with E-state index in [1.54, 1.807) is 0 Å². The Balaban J connectivity index is 1.51. The van der Waals surface area contributed by atoms with Crippen molar-refractivity contribution >= 4 is 27.6 Å². The van der Waals surface area contributed by atoms with Crippen molar-refractivity contribution in [3.05, 3.63) is 133 Å². The summed E-state index contributed by atoms with van der Waals surface area (Å²) < 4.78 is 6.36. The van der Waals surface area contributed by atoms with Crippen LogP contribution < -0.4 is 0 Å². The molecule has 0 saturated carbocycles. The van der Waals surface area contributed by atoms with E-state index in [9.17, 15) is 0 Å². The Bertz CT molecular complexity index is 1950. The standard InChI is InChI=1S/C34H20N4O/c1-35-26-18-16-22(17-19-26)28-20-25(21-29-27-14-8-9-15-30(27)39-31(28)29)34-37-32(23-10-4-2-5-11-23)36-33(38-34)24-12-6-3-7-13-24/h2-21H. The largest absolute Gasteiger partial charge is 0.455 e. The maximum Gasteiger partial charge on any atom is 0.187 e. The number of rotatable bonds is 4. The average molecular weight is 501 g/mol. The molecule has 39 heavy (non-hydrogen) atoms. The van der Waals surface area contributed by atoms with Crippen LogP contribution in [0.2, 0.25) is 0 Å². The number of hydrogen-bond donors (Lipinski definition) is 0. The van der Waals surface area contributed by atoms with E-state index in [1.807, 2.05) is 103 Å². The lowest BCUT2D eigenvalue weighted by atomic mass is 9.98. The summed E-state index contributed by atoms with van der Waals surface area (Å²) in [4.78, 5) is 18.3. The fourth-order valence-corrected chi connectivity index (χ4v) is 4.82. The van der Waals surface area contributed by atoms with Crippen LogP contribution in [-0.2, 0) is 0 Å². The Morgan fingerprint density at radius 2 is 1.08 bits per heavy atom. The fourth-order valence-electron chi connectivity index (χ4n) is 4.82. The third-order valence-corrected chi connectivity index (χ3v) is 6.74. The van der Waals surface area contributed by atoms with Gasteiger partial charge in [-0.05, 0) is 23.8 Å². The predicted octanol–water partition coefficient (Wildman–Crippen LogP) is 8.99. The fraction of sp³-hybridized carbons (Fsp3) is 0. The van der Waals surface area contributed by atoms with Crippen molar-refractivity contribution in [2.24, 2.45) is 0 Å². The molecule has 0 atom stereocenters. The van der Waals surface area contributed by atoms with E-state index < -0.39 is 0 Å². The molecule has 2 heterocycles. The molecule has 0 unspecified atom stereocenters. The first kappa shape index (κ1) is 22.6. The van der Waals surface area contributed by atoms with Crippen LogP contribution in [0.3, 0.4) is 0 Å². The van der Waals surface area contributed by atoms with E-state index in [4.69, 9.17) is 25.9 Å². The minimum Gasteiger partial charge on any atom is -0.455 e. The second kappa shape index (κ2) is 9.37. The molecule has 2 aromatic heterocycles. The zero-order chi connectivity index (χ0) is 26.2. The molecular weight excluding hydrogens is 480 g/mol. The van der Waals surface area contributed by atoms with Crippen molar-refractivity contribution in [2.45, 2.75) is 0 Å². The monoisotopic (exact) mass is 500 g/mol. The number of para-hydroxylation sites is 1. The second-order valence-corrected chi connectivity index (χ2v) is 9.20. The van der Waals surface area contributed by atoms with Gasteiger partial charge in [-0.3, -0.25) is 0 Å². The molecule has 0 radical (unpaired) electrons. The normalized spacial score (nSPS) is 11.1.